The third-order valence-electron chi connectivity index (χ3n) is 4.08. The molecular weight excluding hydrogens is 344 g/mol. The Labute approximate surface area is 146 Å². The first-order valence-electron chi connectivity index (χ1n) is 7.92. The molecule has 128 valence electrons. The average Bonchev–Trinajstić information content (AvgIpc) is 3.22. The molecule has 3 rings (SSSR count). The summed E-state index contributed by atoms with van der Waals surface area (Å²) in [6, 6.07) is 9.55. The number of amides is 1. The van der Waals surface area contributed by atoms with Gasteiger partial charge in [0.15, 0.2) is 0 Å². The molecule has 1 aliphatic rings. The van der Waals surface area contributed by atoms with E-state index in [2.05, 4.69) is 5.32 Å². The largest absolute Gasteiger partial charge is 0.355 e. The number of sulfonamides is 1. The van der Waals surface area contributed by atoms with Gasteiger partial charge in [-0.3, -0.25) is 9.10 Å². The van der Waals surface area contributed by atoms with E-state index >= 15 is 0 Å². The number of hydrogen-bond acceptors (Lipinski definition) is 4. The fourth-order valence-corrected chi connectivity index (χ4v) is 4.94. The highest BCUT2D eigenvalue weighted by molar-refractivity contribution is 7.92. The van der Waals surface area contributed by atoms with Gasteiger partial charge in [-0.05, 0) is 46.9 Å². The number of carbonyl (C=O) groups is 1. The predicted octanol–water partition coefficient (Wildman–Crippen LogP) is 2.19. The molecule has 1 amide bonds. The minimum Gasteiger partial charge on any atom is -0.355 e. The summed E-state index contributed by atoms with van der Waals surface area (Å²) in [6.07, 6.45) is 1.80. The summed E-state index contributed by atoms with van der Waals surface area (Å²) in [5, 5.41) is 6.70. The molecule has 1 aromatic heterocycles. The molecule has 0 saturated heterocycles. The van der Waals surface area contributed by atoms with Gasteiger partial charge in [0, 0.05) is 19.5 Å². The van der Waals surface area contributed by atoms with Gasteiger partial charge in [0.25, 0.3) is 0 Å². The van der Waals surface area contributed by atoms with Gasteiger partial charge in [0.1, 0.15) is 0 Å². The van der Waals surface area contributed by atoms with Crippen molar-refractivity contribution < 1.29 is 13.2 Å². The predicted molar refractivity (Wildman–Crippen MR) is 96.9 cm³/mol. The van der Waals surface area contributed by atoms with Crippen LogP contribution in [-0.2, 0) is 27.7 Å². The van der Waals surface area contributed by atoms with Crippen molar-refractivity contribution in [1.29, 1.82) is 0 Å². The number of para-hydroxylation sites is 1. The van der Waals surface area contributed by atoms with Crippen LogP contribution in [0, 0.1) is 0 Å². The number of aryl methyl sites for hydroxylation is 1. The van der Waals surface area contributed by atoms with Crippen molar-refractivity contribution in [2.24, 2.45) is 0 Å². The third-order valence-corrected chi connectivity index (χ3v) is 6.59. The Hall–Kier alpha value is -1.86. The maximum Gasteiger partial charge on any atom is 0.236 e. The molecule has 0 atom stereocenters. The summed E-state index contributed by atoms with van der Waals surface area (Å²) in [7, 11) is -3.41. The highest BCUT2D eigenvalue weighted by atomic mass is 32.2. The standard InChI is InChI=1S/C17H20N2O3S2/c20-17(6-5-14-8-11-23-13-14)18-9-12-24(21,22)19-10-7-15-3-1-2-4-16(15)19/h1-4,8,11,13H,5-7,9-10,12H2,(H,18,20). The number of hydrogen-bond donors (Lipinski definition) is 1. The summed E-state index contributed by atoms with van der Waals surface area (Å²) in [5.41, 5.74) is 2.96. The number of fused-ring (bicyclic) bond motifs is 1. The minimum absolute atomic E-state index is 0.0779. The summed E-state index contributed by atoms with van der Waals surface area (Å²) >= 11 is 1.60. The summed E-state index contributed by atoms with van der Waals surface area (Å²) in [5.74, 6) is -0.191. The zero-order valence-corrected chi connectivity index (χ0v) is 14.9. The van der Waals surface area contributed by atoms with E-state index in [1.807, 2.05) is 41.1 Å². The first-order valence-corrected chi connectivity index (χ1v) is 10.5. The first-order chi connectivity index (χ1) is 11.6. The van der Waals surface area contributed by atoms with Crippen LogP contribution in [0.15, 0.2) is 41.1 Å². The van der Waals surface area contributed by atoms with E-state index < -0.39 is 10.0 Å². The highest BCUT2D eigenvalue weighted by Crippen LogP contribution is 2.29. The van der Waals surface area contributed by atoms with E-state index in [4.69, 9.17) is 0 Å². The van der Waals surface area contributed by atoms with Gasteiger partial charge in [-0.1, -0.05) is 18.2 Å². The van der Waals surface area contributed by atoms with E-state index in [0.717, 1.165) is 23.2 Å². The van der Waals surface area contributed by atoms with Crippen LogP contribution >= 0.6 is 11.3 Å². The topological polar surface area (TPSA) is 66.5 Å². The number of nitrogens with one attached hydrogen (secondary N) is 1. The van der Waals surface area contributed by atoms with Gasteiger partial charge >= 0.3 is 0 Å². The number of rotatable bonds is 7. The van der Waals surface area contributed by atoms with Crippen molar-refractivity contribution in [1.82, 2.24) is 5.32 Å². The maximum absolute atomic E-state index is 12.5. The van der Waals surface area contributed by atoms with Gasteiger partial charge < -0.3 is 5.32 Å². The lowest BCUT2D eigenvalue weighted by molar-refractivity contribution is -0.120. The molecule has 0 unspecified atom stereocenters. The first kappa shape index (κ1) is 17.0. The monoisotopic (exact) mass is 364 g/mol. The molecule has 2 aromatic rings. The number of nitrogens with zero attached hydrogens (tertiary/aromatic N) is 1. The van der Waals surface area contributed by atoms with E-state index in [0.29, 0.717) is 19.4 Å². The van der Waals surface area contributed by atoms with E-state index in [1.54, 1.807) is 11.3 Å². The van der Waals surface area contributed by atoms with Crippen molar-refractivity contribution in [3.05, 3.63) is 52.2 Å². The van der Waals surface area contributed by atoms with E-state index in [1.165, 1.54) is 4.31 Å². The molecule has 1 N–H and O–H groups in total. The van der Waals surface area contributed by atoms with Crippen LogP contribution in [0.5, 0.6) is 0 Å². The molecule has 0 bridgehead atoms. The van der Waals surface area contributed by atoms with Crippen LogP contribution in [0.1, 0.15) is 17.5 Å². The third kappa shape index (κ3) is 3.96. The SMILES string of the molecule is O=C(CCc1ccsc1)NCCS(=O)(=O)N1CCc2ccccc21. The molecule has 0 aliphatic carbocycles. The van der Waals surface area contributed by atoms with Crippen molar-refractivity contribution >= 4 is 33.0 Å². The van der Waals surface area contributed by atoms with Crippen LogP contribution in [0.4, 0.5) is 5.69 Å². The van der Waals surface area contributed by atoms with Gasteiger partial charge in [0.05, 0.1) is 11.4 Å². The Kier molecular flexibility index (Phi) is 5.20. The lowest BCUT2D eigenvalue weighted by Gasteiger charge is -2.19. The zero-order chi connectivity index (χ0) is 17.0. The smallest absolute Gasteiger partial charge is 0.236 e. The molecule has 0 fully saturated rings. The lowest BCUT2D eigenvalue weighted by atomic mass is 10.2. The number of benzene rings is 1. The van der Waals surface area contributed by atoms with E-state index in [-0.39, 0.29) is 18.2 Å². The maximum atomic E-state index is 12.5. The second kappa shape index (κ2) is 7.36. The Morgan fingerprint density at radius 2 is 2.08 bits per heavy atom. The molecular formula is C17H20N2O3S2. The van der Waals surface area contributed by atoms with Crippen LogP contribution in [-0.4, -0.2) is 33.2 Å². The van der Waals surface area contributed by atoms with Gasteiger partial charge in [0.2, 0.25) is 15.9 Å². The van der Waals surface area contributed by atoms with Crippen LogP contribution in [0.2, 0.25) is 0 Å². The normalized spacial score (nSPS) is 13.8. The molecule has 5 nitrogen and oxygen atoms in total. The fraction of sp³-hybridized carbons (Fsp3) is 0.353. The Morgan fingerprint density at radius 3 is 2.88 bits per heavy atom. The molecule has 0 saturated carbocycles. The molecule has 7 heteroatoms. The van der Waals surface area contributed by atoms with Gasteiger partial charge in [-0.15, -0.1) is 0 Å². The van der Waals surface area contributed by atoms with Crippen LogP contribution in [0.25, 0.3) is 0 Å². The van der Waals surface area contributed by atoms with Crippen molar-refractivity contribution in [2.45, 2.75) is 19.3 Å². The van der Waals surface area contributed by atoms with Gasteiger partial charge in [-0.2, -0.15) is 11.3 Å². The molecule has 2 heterocycles. The molecule has 0 radical (unpaired) electrons. The molecule has 24 heavy (non-hydrogen) atoms. The lowest BCUT2D eigenvalue weighted by Crippen LogP contribution is -2.37. The molecule has 1 aromatic carbocycles. The highest BCUT2D eigenvalue weighted by Gasteiger charge is 2.28. The quantitative estimate of drug-likeness (QED) is 0.819. The Bertz CT molecular complexity index is 801. The van der Waals surface area contributed by atoms with Crippen molar-refractivity contribution in [2.75, 3.05) is 23.1 Å². The second-order valence-electron chi connectivity index (χ2n) is 5.75. The molecule has 1 aliphatic heterocycles. The average molecular weight is 364 g/mol. The minimum atomic E-state index is -3.41. The van der Waals surface area contributed by atoms with E-state index in [9.17, 15) is 13.2 Å². The Morgan fingerprint density at radius 1 is 1.25 bits per heavy atom. The van der Waals surface area contributed by atoms with Crippen molar-refractivity contribution in [3.63, 3.8) is 0 Å². The summed E-state index contributed by atoms with van der Waals surface area (Å²) < 4.78 is 26.5. The van der Waals surface area contributed by atoms with Crippen molar-refractivity contribution in [3.8, 4) is 0 Å². The van der Waals surface area contributed by atoms with Gasteiger partial charge in [-0.25, -0.2) is 8.42 Å². The summed E-state index contributed by atoms with van der Waals surface area (Å²) in [4.78, 5) is 11.8. The number of carbonyl (C=O) groups excluding carboxylic acids is 1. The summed E-state index contributed by atoms with van der Waals surface area (Å²) in [6.45, 7) is 0.622. The van der Waals surface area contributed by atoms with Crippen LogP contribution in [0.3, 0.4) is 0 Å². The number of anilines is 1. The zero-order valence-electron chi connectivity index (χ0n) is 13.3. The molecule has 0 spiro atoms. The second-order valence-corrected chi connectivity index (χ2v) is 8.54. The fourth-order valence-electron chi connectivity index (χ4n) is 2.81. The number of thiophene rings is 1. The van der Waals surface area contributed by atoms with Crippen LogP contribution < -0.4 is 9.62 Å². The Balaban J connectivity index is 1.48.